The summed E-state index contributed by atoms with van der Waals surface area (Å²) in [6.45, 7) is -0.779. The minimum absolute atomic E-state index is 0.0910. The molecular formula is C15H12BrClF3NO5. The Morgan fingerprint density at radius 3 is 2.38 bits per heavy atom. The number of esters is 2. The number of carbonyl (C=O) groups is 2. The molecule has 1 heterocycles. The van der Waals surface area contributed by atoms with Gasteiger partial charge < -0.3 is 19.1 Å². The maximum absolute atomic E-state index is 13.5. The van der Waals surface area contributed by atoms with Crippen LogP contribution in [0.4, 0.5) is 18.9 Å². The fraction of sp³-hybridized carbons (Fsp3) is 0.333. The molecule has 1 aliphatic heterocycles. The molecule has 0 radical (unpaired) electrons. The lowest BCUT2D eigenvalue weighted by atomic mass is 10.1. The van der Waals surface area contributed by atoms with Gasteiger partial charge in [-0.25, -0.2) is 9.59 Å². The minimum atomic E-state index is -4.78. The van der Waals surface area contributed by atoms with E-state index in [2.05, 4.69) is 25.4 Å². The monoisotopic (exact) mass is 457 g/mol. The van der Waals surface area contributed by atoms with Crippen LogP contribution in [0.5, 0.6) is 0 Å². The topological polar surface area (TPSA) is 65.1 Å². The quantitative estimate of drug-likeness (QED) is 0.646. The zero-order chi connectivity index (χ0) is 19.6. The molecule has 11 heteroatoms. The fourth-order valence-electron chi connectivity index (χ4n) is 2.38. The maximum atomic E-state index is 13.5. The minimum Gasteiger partial charge on any atom is -0.466 e. The first-order valence-corrected chi connectivity index (χ1v) is 8.10. The van der Waals surface area contributed by atoms with Crippen LogP contribution in [-0.2, 0) is 30.0 Å². The molecule has 0 unspecified atom stereocenters. The van der Waals surface area contributed by atoms with Crippen molar-refractivity contribution >= 4 is 45.2 Å². The Kier molecular flexibility index (Phi) is 6.20. The van der Waals surface area contributed by atoms with Crippen molar-refractivity contribution in [3.05, 3.63) is 38.5 Å². The van der Waals surface area contributed by atoms with Crippen molar-refractivity contribution in [3.63, 3.8) is 0 Å². The third-order valence-electron chi connectivity index (χ3n) is 3.44. The Morgan fingerprint density at radius 2 is 1.85 bits per heavy atom. The largest absolute Gasteiger partial charge is 0.466 e. The number of benzene rings is 1. The molecule has 0 fully saturated rings. The molecule has 0 spiro atoms. The first-order valence-electron chi connectivity index (χ1n) is 6.93. The molecule has 0 aromatic heterocycles. The number of nitrogens with zero attached hydrogens (tertiary/aromatic N) is 1. The number of alkyl halides is 3. The third kappa shape index (κ3) is 3.97. The van der Waals surface area contributed by atoms with E-state index in [0.29, 0.717) is 0 Å². The zero-order valence-corrected chi connectivity index (χ0v) is 15.8. The molecule has 0 saturated heterocycles. The van der Waals surface area contributed by atoms with Crippen LogP contribution < -0.4 is 4.90 Å². The normalized spacial score (nSPS) is 15.1. The number of ether oxygens (including phenoxy) is 3. The van der Waals surface area contributed by atoms with E-state index in [4.69, 9.17) is 16.3 Å². The maximum Gasteiger partial charge on any atom is 0.418 e. The lowest BCUT2D eigenvalue weighted by Crippen LogP contribution is -2.39. The summed E-state index contributed by atoms with van der Waals surface area (Å²) in [5.74, 6) is -1.96. The highest BCUT2D eigenvalue weighted by atomic mass is 79.9. The van der Waals surface area contributed by atoms with Crippen molar-refractivity contribution in [2.24, 2.45) is 0 Å². The van der Waals surface area contributed by atoms with E-state index in [1.165, 1.54) is 6.07 Å². The summed E-state index contributed by atoms with van der Waals surface area (Å²) < 4.78 is 55.0. The Labute approximate surface area is 159 Å². The van der Waals surface area contributed by atoms with Crippen LogP contribution in [0, 0.1) is 0 Å². The summed E-state index contributed by atoms with van der Waals surface area (Å²) in [6, 6.07) is 2.04. The van der Waals surface area contributed by atoms with Gasteiger partial charge in [-0.05, 0) is 12.1 Å². The van der Waals surface area contributed by atoms with E-state index in [0.717, 1.165) is 25.2 Å². The Hall–Kier alpha value is -1.78. The number of methoxy groups -OCH3 is 2. The van der Waals surface area contributed by atoms with E-state index >= 15 is 0 Å². The van der Waals surface area contributed by atoms with Gasteiger partial charge in [0.25, 0.3) is 0 Å². The van der Waals surface area contributed by atoms with Crippen molar-refractivity contribution in [3.8, 4) is 0 Å². The van der Waals surface area contributed by atoms with Crippen molar-refractivity contribution in [1.29, 1.82) is 0 Å². The van der Waals surface area contributed by atoms with E-state index in [1.807, 2.05) is 0 Å². The molecule has 1 aromatic rings. The predicted molar refractivity (Wildman–Crippen MR) is 88.5 cm³/mol. The molecule has 26 heavy (non-hydrogen) atoms. The second-order valence-corrected chi connectivity index (χ2v) is 6.32. The van der Waals surface area contributed by atoms with Gasteiger partial charge >= 0.3 is 18.1 Å². The Morgan fingerprint density at radius 1 is 1.23 bits per heavy atom. The Balaban J connectivity index is 2.77. The second kappa shape index (κ2) is 7.85. The summed E-state index contributed by atoms with van der Waals surface area (Å²) in [7, 11) is 2.10. The molecule has 142 valence electrons. The number of carbonyl (C=O) groups excluding carboxylic acids is 2. The number of anilines is 1. The molecule has 0 atom stereocenters. The van der Waals surface area contributed by atoms with Crippen LogP contribution >= 0.6 is 27.5 Å². The highest BCUT2D eigenvalue weighted by Gasteiger charge is 2.41. The summed E-state index contributed by atoms with van der Waals surface area (Å²) in [6.07, 6.45) is -4.78. The van der Waals surface area contributed by atoms with E-state index < -0.39 is 41.8 Å². The first kappa shape index (κ1) is 20.5. The van der Waals surface area contributed by atoms with Gasteiger partial charge in [0.1, 0.15) is 12.4 Å². The highest BCUT2D eigenvalue weighted by molar-refractivity contribution is 9.10. The van der Waals surface area contributed by atoms with Crippen LogP contribution in [-0.4, -0.2) is 39.5 Å². The fourth-order valence-corrected chi connectivity index (χ4v) is 3.29. The lowest BCUT2D eigenvalue weighted by Gasteiger charge is -2.33. The van der Waals surface area contributed by atoms with Crippen molar-refractivity contribution in [2.75, 3.05) is 32.5 Å². The van der Waals surface area contributed by atoms with Gasteiger partial charge in [0.05, 0.1) is 42.7 Å². The van der Waals surface area contributed by atoms with Crippen molar-refractivity contribution < 1.29 is 37.0 Å². The second-order valence-electron chi connectivity index (χ2n) is 5.00. The summed E-state index contributed by atoms with van der Waals surface area (Å²) in [5.41, 5.74) is -2.37. The van der Waals surface area contributed by atoms with Gasteiger partial charge in [0.15, 0.2) is 0 Å². The van der Waals surface area contributed by atoms with Gasteiger partial charge in [-0.3, -0.25) is 0 Å². The standard InChI is InChI=1S/C15H12BrClF3NO5/c1-24-13(22)8-5-26-6-21(11(8)14(23)25-2)12-9(15(18,19)20)3-7(16)4-10(12)17/h3-4H,5-6H2,1-2H3. The molecule has 0 bridgehead atoms. The first-order chi connectivity index (χ1) is 12.1. The predicted octanol–water partition coefficient (Wildman–Crippen LogP) is 3.52. The van der Waals surface area contributed by atoms with Crippen LogP contribution in [0.1, 0.15) is 5.56 Å². The average molecular weight is 459 g/mol. The molecule has 1 aromatic carbocycles. The van der Waals surface area contributed by atoms with E-state index in [9.17, 15) is 22.8 Å². The SMILES string of the molecule is COC(=O)C1=C(C(=O)OC)N(c2c(Cl)cc(Br)cc2C(F)(F)F)COC1. The molecule has 6 nitrogen and oxygen atoms in total. The number of hydrogen-bond donors (Lipinski definition) is 0. The molecular weight excluding hydrogens is 447 g/mol. The van der Waals surface area contributed by atoms with Crippen LogP contribution in [0.15, 0.2) is 27.9 Å². The number of halogens is 5. The van der Waals surface area contributed by atoms with E-state index in [1.54, 1.807) is 0 Å². The average Bonchev–Trinajstić information content (AvgIpc) is 2.58. The zero-order valence-electron chi connectivity index (χ0n) is 13.4. The number of hydrogen-bond acceptors (Lipinski definition) is 6. The van der Waals surface area contributed by atoms with Crippen LogP contribution in [0.25, 0.3) is 0 Å². The van der Waals surface area contributed by atoms with Gasteiger partial charge in [0, 0.05) is 4.47 Å². The Bertz CT molecular complexity index is 781. The van der Waals surface area contributed by atoms with Crippen LogP contribution in [0.3, 0.4) is 0 Å². The van der Waals surface area contributed by atoms with Gasteiger partial charge in [-0.2, -0.15) is 13.2 Å². The summed E-state index contributed by atoms with van der Waals surface area (Å²) >= 11 is 8.99. The molecule has 0 aliphatic carbocycles. The molecule has 1 aliphatic rings. The summed E-state index contributed by atoms with van der Waals surface area (Å²) in [4.78, 5) is 25.0. The molecule has 0 amide bonds. The van der Waals surface area contributed by atoms with Crippen molar-refractivity contribution in [2.45, 2.75) is 6.18 Å². The van der Waals surface area contributed by atoms with Crippen LogP contribution in [0.2, 0.25) is 5.02 Å². The highest BCUT2D eigenvalue weighted by Crippen LogP contribution is 2.44. The van der Waals surface area contributed by atoms with E-state index in [-0.39, 0.29) is 21.7 Å². The van der Waals surface area contributed by atoms with Gasteiger partial charge in [0.2, 0.25) is 0 Å². The lowest BCUT2D eigenvalue weighted by molar-refractivity contribution is -0.141. The molecule has 2 rings (SSSR count). The van der Waals surface area contributed by atoms with Gasteiger partial charge in [-0.1, -0.05) is 27.5 Å². The third-order valence-corrected chi connectivity index (χ3v) is 4.18. The summed E-state index contributed by atoms with van der Waals surface area (Å²) in [5, 5.41) is -0.303. The smallest absolute Gasteiger partial charge is 0.418 e. The molecule has 0 saturated carbocycles. The molecule has 0 N–H and O–H groups in total. The van der Waals surface area contributed by atoms with Gasteiger partial charge in [-0.15, -0.1) is 0 Å². The van der Waals surface area contributed by atoms with Crippen molar-refractivity contribution in [1.82, 2.24) is 0 Å². The number of rotatable bonds is 3.